The van der Waals surface area contributed by atoms with Crippen LogP contribution in [0.2, 0.25) is 0 Å². The average Bonchev–Trinajstić information content (AvgIpc) is 3.58. The summed E-state index contributed by atoms with van der Waals surface area (Å²) in [6.45, 7) is 0. The van der Waals surface area contributed by atoms with Gasteiger partial charge in [0.05, 0.1) is 8.22 Å². The largest absolute Gasteiger partial charge is 0.455 e. The molecule has 1 nitrogen and oxygen atoms in total. The minimum Gasteiger partial charge on any atom is -0.455 e. The van der Waals surface area contributed by atoms with E-state index in [9.17, 15) is 2.74 Å². The highest BCUT2D eigenvalue weighted by Gasteiger charge is 2.22. The molecule has 0 aliphatic rings. The molecule has 1 heteroatoms. The molecule has 9 rings (SSSR count). The lowest BCUT2D eigenvalue weighted by atomic mass is 9.83. The van der Waals surface area contributed by atoms with Crippen LogP contribution in [0.4, 0.5) is 0 Å². The van der Waals surface area contributed by atoms with Gasteiger partial charge >= 0.3 is 0 Å². The number of para-hydroxylation sites is 1. The molecule has 0 fully saturated rings. The number of furan rings is 1. The van der Waals surface area contributed by atoms with Crippen LogP contribution >= 0.6 is 0 Å². The third kappa shape index (κ3) is 4.09. The van der Waals surface area contributed by atoms with Crippen molar-refractivity contribution in [1.82, 2.24) is 0 Å². The molecule has 0 aliphatic carbocycles. The average molecular weight is 579 g/mol. The Morgan fingerprint density at radius 2 is 0.844 bits per heavy atom. The van der Waals surface area contributed by atoms with E-state index in [1.807, 2.05) is 72.8 Å². The lowest BCUT2D eigenvalue weighted by molar-refractivity contribution is 0.670. The second kappa shape index (κ2) is 10.4. The smallest absolute Gasteiger partial charge is 0.143 e. The van der Waals surface area contributed by atoms with Crippen LogP contribution in [-0.2, 0) is 0 Å². The summed E-state index contributed by atoms with van der Waals surface area (Å²) in [6, 6.07) is 43.2. The summed E-state index contributed by atoms with van der Waals surface area (Å²) in [7, 11) is 0. The Kier molecular flexibility index (Phi) is 4.63. The molecule has 9 aromatic rings. The summed E-state index contributed by atoms with van der Waals surface area (Å²) < 4.78 is 59.7. The second-order valence-corrected chi connectivity index (χ2v) is 11.2. The van der Waals surface area contributed by atoms with Crippen molar-refractivity contribution in [2.45, 2.75) is 0 Å². The highest BCUT2D eigenvalue weighted by Crippen LogP contribution is 2.48. The summed E-state index contributed by atoms with van der Waals surface area (Å²) in [4.78, 5) is 0. The van der Waals surface area contributed by atoms with E-state index in [2.05, 4.69) is 60.7 Å². The van der Waals surface area contributed by atoms with Gasteiger partial charge in [-0.3, -0.25) is 0 Å². The van der Waals surface area contributed by atoms with Crippen molar-refractivity contribution < 1.29 is 12.6 Å². The Balaban J connectivity index is 1.43. The van der Waals surface area contributed by atoms with Crippen molar-refractivity contribution >= 4 is 43.5 Å². The normalized spacial score (nSPS) is 13.4. The van der Waals surface area contributed by atoms with E-state index >= 15 is 0 Å². The predicted octanol–water partition coefficient (Wildman–Crippen LogP) is 12.6. The number of rotatable bonds is 4. The molecular formula is C44H28O. The van der Waals surface area contributed by atoms with Crippen molar-refractivity contribution in [3.8, 4) is 44.5 Å². The number of hydrogen-bond acceptors (Lipinski definition) is 1. The lowest BCUT2D eigenvalue weighted by Gasteiger charge is -2.20. The highest BCUT2D eigenvalue weighted by molar-refractivity contribution is 6.24. The first-order valence-corrected chi connectivity index (χ1v) is 15.0. The van der Waals surface area contributed by atoms with Crippen molar-refractivity contribution in [2.75, 3.05) is 0 Å². The van der Waals surface area contributed by atoms with Crippen molar-refractivity contribution in [3.05, 3.63) is 170 Å². The Bertz CT molecular complexity index is 2790. The van der Waals surface area contributed by atoms with Crippen LogP contribution in [0.25, 0.3) is 88.0 Å². The molecule has 0 radical (unpaired) electrons. The molecule has 0 amide bonds. The molecule has 210 valence electrons. The zero-order valence-electron chi connectivity index (χ0n) is 30.1. The van der Waals surface area contributed by atoms with Gasteiger partial charge in [-0.1, -0.05) is 158 Å². The molecule has 0 unspecified atom stereocenters. The maximum absolute atomic E-state index is 9.69. The van der Waals surface area contributed by atoms with Gasteiger partial charge < -0.3 is 4.42 Å². The first-order valence-electron chi connectivity index (χ1n) is 18.0. The van der Waals surface area contributed by atoms with Gasteiger partial charge in [-0.2, -0.15) is 0 Å². The molecule has 0 bridgehead atoms. The Morgan fingerprint density at radius 1 is 0.356 bits per heavy atom. The second-order valence-electron chi connectivity index (χ2n) is 11.2. The molecule has 0 N–H and O–H groups in total. The Labute approximate surface area is 270 Å². The summed E-state index contributed by atoms with van der Waals surface area (Å²) >= 11 is 0. The van der Waals surface area contributed by atoms with E-state index in [0.717, 1.165) is 54.9 Å². The first-order chi connectivity index (χ1) is 24.8. The fraction of sp³-hybridized carbons (Fsp3) is 0. The molecule has 0 spiro atoms. The third-order valence-electron chi connectivity index (χ3n) is 8.65. The van der Waals surface area contributed by atoms with E-state index in [4.69, 9.17) is 9.90 Å². The van der Waals surface area contributed by atoms with Gasteiger partial charge in [-0.15, -0.1) is 0 Å². The monoisotopic (exact) mass is 578 g/mol. The number of hydrogen-bond donors (Lipinski definition) is 0. The minimum absolute atomic E-state index is 0.0257. The molecule has 0 saturated heterocycles. The standard InChI is InChI=1S/C44H28O/c1-3-13-29(14-4-1)30-23-25-32(26-24-30)41-34-18-7-9-20-36(34)43(37-21-10-8-19-35(37)41)39-28-27-38-33-17-11-12-22-40(33)45-44(38)42(39)31-15-5-2-6-16-31/h1-28H/i11D,12D,17D,22D,27D,28D. The van der Waals surface area contributed by atoms with Gasteiger partial charge in [0.25, 0.3) is 0 Å². The summed E-state index contributed by atoms with van der Waals surface area (Å²) in [5.74, 6) is 0. The predicted molar refractivity (Wildman–Crippen MR) is 190 cm³/mol. The fourth-order valence-corrected chi connectivity index (χ4v) is 6.65. The molecular weight excluding hydrogens is 544 g/mol. The Morgan fingerprint density at radius 3 is 1.49 bits per heavy atom. The van der Waals surface area contributed by atoms with E-state index < -0.39 is 12.1 Å². The molecule has 1 heterocycles. The zero-order valence-corrected chi connectivity index (χ0v) is 24.1. The Hall–Kier alpha value is -5.92. The van der Waals surface area contributed by atoms with Crippen LogP contribution in [0.3, 0.4) is 0 Å². The fourth-order valence-electron chi connectivity index (χ4n) is 6.65. The maximum Gasteiger partial charge on any atom is 0.143 e. The number of benzene rings is 8. The lowest BCUT2D eigenvalue weighted by Crippen LogP contribution is -1.93. The van der Waals surface area contributed by atoms with Crippen molar-refractivity contribution in [1.29, 1.82) is 0 Å². The van der Waals surface area contributed by atoms with Gasteiger partial charge in [-0.25, -0.2) is 0 Å². The molecule has 0 saturated carbocycles. The van der Waals surface area contributed by atoms with Gasteiger partial charge in [0.1, 0.15) is 11.2 Å². The summed E-state index contributed by atoms with van der Waals surface area (Å²) in [5, 5.41) is 4.11. The third-order valence-corrected chi connectivity index (χ3v) is 8.65. The maximum atomic E-state index is 9.69. The number of fused-ring (bicyclic) bond motifs is 5. The van der Waals surface area contributed by atoms with Gasteiger partial charge in [0.2, 0.25) is 0 Å². The van der Waals surface area contributed by atoms with Crippen LogP contribution in [0.5, 0.6) is 0 Å². The van der Waals surface area contributed by atoms with Crippen molar-refractivity contribution in [2.24, 2.45) is 0 Å². The zero-order chi connectivity index (χ0) is 35.0. The van der Waals surface area contributed by atoms with E-state index in [1.165, 1.54) is 0 Å². The van der Waals surface area contributed by atoms with E-state index in [-0.39, 0.29) is 46.1 Å². The van der Waals surface area contributed by atoms with Crippen LogP contribution in [0, 0.1) is 0 Å². The highest BCUT2D eigenvalue weighted by atomic mass is 16.3. The van der Waals surface area contributed by atoms with Crippen molar-refractivity contribution in [3.63, 3.8) is 0 Å². The van der Waals surface area contributed by atoms with E-state index in [1.54, 1.807) is 0 Å². The topological polar surface area (TPSA) is 13.1 Å². The summed E-state index contributed by atoms with van der Waals surface area (Å²) in [5.41, 5.74) is 7.22. The molecule has 1 aromatic heterocycles. The van der Waals surface area contributed by atoms with Crippen LogP contribution in [0.15, 0.2) is 174 Å². The van der Waals surface area contributed by atoms with Crippen LogP contribution in [-0.4, -0.2) is 0 Å². The quantitative estimate of drug-likeness (QED) is 0.189. The SMILES string of the molecule is [2H]c1c([2H])c([2H])c2c(oc3c(-c4ccccc4)c(-c4c5ccccc5c(-c5ccc(-c6ccccc6)cc5)c5ccccc45)c([2H])c([2H])c32)c1[2H]. The summed E-state index contributed by atoms with van der Waals surface area (Å²) in [6.07, 6.45) is 0. The molecule has 8 aromatic carbocycles. The molecule has 0 atom stereocenters. The van der Waals surface area contributed by atoms with Gasteiger partial charge in [-0.05, 0) is 72.6 Å². The first kappa shape index (κ1) is 20.1. The van der Waals surface area contributed by atoms with Gasteiger partial charge in [0, 0.05) is 16.3 Å². The van der Waals surface area contributed by atoms with Crippen LogP contribution < -0.4 is 0 Å². The molecule has 0 aliphatic heterocycles. The molecule has 45 heavy (non-hydrogen) atoms. The minimum atomic E-state index is -0.407. The van der Waals surface area contributed by atoms with E-state index in [0.29, 0.717) is 11.1 Å². The van der Waals surface area contributed by atoms with Gasteiger partial charge in [0.15, 0.2) is 0 Å². The van der Waals surface area contributed by atoms with Crippen LogP contribution in [0.1, 0.15) is 8.22 Å².